The van der Waals surface area contributed by atoms with E-state index in [0.29, 0.717) is 35.2 Å². The van der Waals surface area contributed by atoms with Crippen molar-refractivity contribution in [1.29, 1.82) is 5.26 Å². The maximum atomic E-state index is 13.6. The van der Waals surface area contributed by atoms with Gasteiger partial charge in [-0.05, 0) is 104 Å². The molecule has 58 heavy (non-hydrogen) atoms. The van der Waals surface area contributed by atoms with Crippen molar-refractivity contribution in [3.05, 3.63) is 94.3 Å². The van der Waals surface area contributed by atoms with Crippen LogP contribution in [-0.4, -0.2) is 88.7 Å². The molecule has 5 aliphatic heterocycles. The van der Waals surface area contributed by atoms with Crippen LogP contribution in [0.5, 0.6) is 0 Å². The molecule has 4 saturated heterocycles. The lowest BCUT2D eigenvalue weighted by atomic mass is 9.76. The molecule has 4 aromatic rings. The summed E-state index contributed by atoms with van der Waals surface area (Å²) in [7, 11) is 0. The summed E-state index contributed by atoms with van der Waals surface area (Å²) in [6.07, 6.45) is 14.8. The number of amides is 5. The van der Waals surface area contributed by atoms with E-state index in [4.69, 9.17) is 18.0 Å². The van der Waals surface area contributed by atoms with Crippen LogP contribution in [0.3, 0.4) is 0 Å². The highest BCUT2D eigenvalue weighted by atomic mass is 35.5. The van der Waals surface area contributed by atoms with Gasteiger partial charge in [0, 0.05) is 85.8 Å². The predicted molar refractivity (Wildman–Crippen MR) is 218 cm³/mol. The Bertz CT molecular complexity index is 2410. The number of nitrogens with one attached hydrogen (secondary N) is 1. The number of halogens is 1. The topological polar surface area (TPSA) is 139 Å². The lowest BCUT2D eigenvalue weighted by Crippen LogP contribution is -2.54. The van der Waals surface area contributed by atoms with Gasteiger partial charge in [0.05, 0.1) is 27.8 Å². The Morgan fingerprint density at radius 1 is 0.879 bits per heavy atom. The van der Waals surface area contributed by atoms with Crippen LogP contribution >= 0.6 is 11.6 Å². The summed E-state index contributed by atoms with van der Waals surface area (Å²) in [5, 5.41) is 13.6. The molecule has 294 valence electrons. The van der Waals surface area contributed by atoms with Crippen LogP contribution < -0.4 is 15.1 Å². The number of nitriles is 1. The molecule has 12 nitrogen and oxygen atoms in total. The van der Waals surface area contributed by atoms with Gasteiger partial charge in [-0.15, -0.1) is 6.42 Å². The van der Waals surface area contributed by atoms with Gasteiger partial charge < -0.3 is 19.3 Å². The number of benzene rings is 3. The van der Waals surface area contributed by atoms with E-state index in [-0.39, 0.29) is 41.3 Å². The van der Waals surface area contributed by atoms with Crippen molar-refractivity contribution in [2.45, 2.75) is 63.6 Å². The summed E-state index contributed by atoms with van der Waals surface area (Å²) in [5.74, 6) is 1.33. The second kappa shape index (κ2) is 14.7. The van der Waals surface area contributed by atoms with Crippen LogP contribution in [0.15, 0.2) is 67.0 Å². The van der Waals surface area contributed by atoms with Gasteiger partial charge >= 0.3 is 0 Å². The summed E-state index contributed by atoms with van der Waals surface area (Å²) >= 11 is 6.36. The zero-order valence-corrected chi connectivity index (χ0v) is 32.7. The molecule has 6 heterocycles. The number of piperidine rings is 3. The number of anilines is 2. The highest BCUT2D eigenvalue weighted by molar-refractivity contribution is 6.32. The summed E-state index contributed by atoms with van der Waals surface area (Å²) in [6.45, 7) is 4.74. The van der Waals surface area contributed by atoms with E-state index in [1.54, 1.807) is 18.2 Å². The maximum absolute atomic E-state index is 13.6. The van der Waals surface area contributed by atoms with E-state index < -0.39 is 29.7 Å². The average Bonchev–Trinajstić information content (AvgIpc) is 3.88. The molecule has 5 amide bonds. The first-order valence-electron chi connectivity index (χ1n) is 19.9. The third-order valence-corrected chi connectivity index (χ3v) is 13.3. The molecule has 5 aliphatic rings. The summed E-state index contributed by atoms with van der Waals surface area (Å²) in [6, 6.07) is 18.1. The number of imide groups is 2. The molecule has 1 spiro atoms. The molecule has 13 heteroatoms. The van der Waals surface area contributed by atoms with Crippen molar-refractivity contribution in [1.82, 2.24) is 19.7 Å². The minimum atomic E-state index is -0.993. The minimum absolute atomic E-state index is 0.0229. The van der Waals surface area contributed by atoms with Crippen LogP contribution in [0, 0.1) is 35.0 Å². The average molecular weight is 796 g/mol. The molecule has 1 N–H and O–H groups in total. The zero-order valence-electron chi connectivity index (χ0n) is 32.0. The third kappa shape index (κ3) is 6.65. The number of likely N-dealkylation sites (tertiary alicyclic amines) is 1. The Morgan fingerprint density at radius 3 is 2.14 bits per heavy atom. The second-order valence-electron chi connectivity index (χ2n) is 16.5. The molecule has 0 bridgehead atoms. The van der Waals surface area contributed by atoms with Gasteiger partial charge in [0.2, 0.25) is 11.8 Å². The van der Waals surface area contributed by atoms with Crippen molar-refractivity contribution in [2.24, 2.45) is 11.3 Å². The molecule has 1 unspecified atom stereocenters. The SMILES string of the molecule is C#C[C@H]1CC2(CCN(c3ccc(C(=O)N4CCC(Cn5cc6cc7c(cc6c5)C(=O)N(C5CCC(=O)NC5=O)C7=O)CC4)cc3)CC2)CN1c1ccc(C#N)c(Cl)c1. The monoisotopic (exact) mass is 795 g/mol. The largest absolute Gasteiger partial charge is 0.371 e. The normalized spacial score (nSPS) is 22.1. The number of hydrogen-bond acceptors (Lipinski definition) is 8. The fourth-order valence-corrected chi connectivity index (χ4v) is 9.96. The van der Waals surface area contributed by atoms with Crippen LogP contribution in [0.1, 0.15) is 81.6 Å². The van der Waals surface area contributed by atoms with Gasteiger partial charge in [-0.1, -0.05) is 17.5 Å². The molecule has 3 aromatic carbocycles. The van der Waals surface area contributed by atoms with Gasteiger partial charge in [-0.2, -0.15) is 5.26 Å². The van der Waals surface area contributed by atoms with Gasteiger partial charge in [-0.3, -0.25) is 34.2 Å². The molecule has 0 radical (unpaired) electrons. The van der Waals surface area contributed by atoms with Gasteiger partial charge in [0.1, 0.15) is 12.1 Å². The Balaban J connectivity index is 0.772. The molecular formula is C45H42ClN7O5. The summed E-state index contributed by atoms with van der Waals surface area (Å²) in [5.41, 5.74) is 3.85. The fraction of sp³-hybridized carbons (Fsp3) is 0.378. The number of carbonyl (C=O) groups excluding carboxylic acids is 5. The Morgan fingerprint density at radius 2 is 1.53 bits per heavy atom. The maximum Gasteiger partial charge on any atom is 0.262 e. The van der Waals surface area contributed by atoms with Crippen molar-refractivity contribution in [2.75, 3.05) is 42.5 Å². The number of hydrogen-bond donors (Lipinski definition) is 1. The Kier molecular flexibility index (Phi) is 9.48. The minimum Gasteiger partial charge on any atom is -0.371 e. The highest BCUT2D eigenvalue weighted by Crippen LogP contribution is 2.46. The van der Waals surface area contributed by atoms with E-state index >= 15 is 0 Å². The Labute approximate surface area is 341 Å². The lowest BCUT2D eigenvalue weighted by molar-refractivity contribution is -0.136. The first-order chi connectivity index (χ1) is 28.0. The van der Waals surface area contributed by atoms with E-state index in [1.165, 1.54) is 0 Å². The number of aromatic nitrogens is 1. The molecule has 0 saturated carbocycles. The number of carbonyl (C=O) groups is 5. The lowest BCUT2D eigenvalue weighted by Gasteiger charge is -2.40. The smallest absolute Gasteiger partial charge is 0.262 e. The summed E-state index contributed by atoms with van der Waals surface area (Å²) in [4.78, 5) is 71.8. The third-order valence-electron chi connectivity index (χ3n) is 13.0. The molecule has 4 fully saturated rings. The molecular weight excluding hydrogens is 754 g/mol. The standard InChI is InChI=1S/C45H42ClN7O5/c1-2-33-22-45(27-52(33)35-8-5-30(23-47)38(46)21-35)13-17-50(18-14-45)34-6-3-29(4-7-34)42(56)51-15-11-28(12-16-51)24-49-25-31-19-36-37(20-32(31)26-49)44(58)53(43(36)57)39-9-10-40(54)48-41(39)55/h1,3-8,19-21,25-26,28,33,39H,9-18,22,24,27H2,(H,48,54,55)/t33-,39?/m0/s1. The van der Waals surface area contributed by atoms with Gasteiger partial charge in [-0.25, -0.2) is 0 Å². The van der Waals surface area contributed by atoms with Crippen molar-refractivity contribution in [3.63, 3.8) is 0 Å². The highest BCUT2D eigenvalue weighted by Gasteiger charge is 2.46. The molecule has 1 aromatic heterocycles. The number of fused-ring (bicyclic) bond motifs is 2. The second-order valence-corrected chi connectivity index (χ2v) is 16.9. The van der Waals surface area contributed by atoms with Gasteiger partial charge in [0.15, 0.2) is 0 Å². The van der Waals surface area contributed by atoms with E-state index in [0.717, 1.165) is 85.3 Å². The first-order valence-corrected chi connectivity index (χ1v) is 20.3. The van der Waals surface area contributed by atoms with E-state index in [9.17, 15) is 29.2 Å². The van der Waals surface area contributed by atoms with Crippen molar-refractivity contribution < 1.29 is 24.0 Å². The first kappa shape index (κ1) is 37.5. The van der Waals surface area contributed by atoms with E-state index in [2.05, 4.69) is 43.8 Å². The van der Waals surface area contributed by atoms with Gasteiger partial charge in [0.25, 0.3) is 17.7 Å². The number of nitrogens with zero attached hydrogens (tertiary/aromatic N) is 6. The van der Waals surface area contributed by atoms with Crippen LogP contribution in [-0.2, 0) is 16.1 Å². The zero-order chi connectivity index (χ0) is 40.3. The summed E-state index contributed by atoms with van der Waals surface area (Å²) < 4.78 is 2.09. The van der Waals surface area contributed by atoms with Crippen molar-refractivity contribution in [3.8, 4) is 18.4 Å². The van der Waals surface area contributed by atoms with Crippen LogP contribution in [0.4, 0.5) is 11.4 Å². The van der Waals surface area contributed by atoms with E-state index in [1.807, 2.05) is 41.6 Å². The number of rotatable bonds is 6. The van der Waals surface area contributed by atoms with Crippen molar-refractivity contribution >= 4 is 63.3 Å². The molecule has 2 atom stereocenters. The molecule has 0 aliphatic carbocycles. The fourth-order valence-electron chi connectivity index (χ4n) is 9.74. The number of terminal acetylenes is 1. The Hall–Kier alpha value is -6.11. The van der Waals surface area contributed by atoms with Crippen LogP contribution in [0.25, 0.3) is 10.8 Å². The van der Waals surface area contributed by atoms with Crippen LogP contribution in [0.2, 0.25) is 5.02 Å². The predicted octanol–water partition coefficient (Wildman–Crippen LogP) is 5.62. The molecule has 9 rings (SSSR count). The quantitative estimate of drug-likeness (QED) is 0.196.